The summed E-state index contributed by atoms with van der Waals surface area (Å²) in [7, 11) is 71.6. The smallest absolute Gasteiger partial charge is 0.145 e. The summed E-state index contributed by atoms with van der Waals surface area (Å²) in [5, 5.41) is 16.4. The Kier molecular flexibility index (Phi) is 13.9. The Morgan fingerprint density at radius 3 is 0.593 bits per heavy atom. The van der Waals surface area contributed by atoms with Gasteiger partial charge < -0.3 is 4.42 Å². The van der Waals surface area contributed by atoms with E-state index in [1.54, 1.807) is 0 Å². The fraction of sp³-hybridized carbons (Fsp3) is 0. The first-order valence-electron chi connectivity index (χ1n) is 30.2. The fourth-order valence-corrected chi connectivity index (χ4v) is 16.4. The van der Waals surface area contributed by atoms with E-state index in [4.69, 9.17) is 4.42 Å². The van der Waals surface area contributed by atoms with Gasteiger partial charge in [-0.2, -0.15) is 0 Å². The van der Waals surface area contributed by atoms with E-state index in [-0.39, 0.29) is 0 Å². The molecule has 1 aromatic heterocycles. The van der Waals surface area contributed by atoms with Crippen LogP contribution < -0.4 is 164 Å². The minimum atomic E-state index is 1.02. The van der Waals surface area contributed by atoms with Crippen LogP contribution in [0.3, 0.4) is 0 Å². The lowest BCUT2D eigenvalue weighted by molar-refractivity contribution is 0.675. The highest BCUT2D eigenvalue weighted by Crippen LogP contribution is 2.45. The number of benzene rings is 10. The molecular formula is C50H60B30O. The molecule has 0 amide bonds. The van der Waals surface area contributed by atoms with Crippen molar-refractivity contribution in [2.45, 2.75) is 0 Å². The van der Waals surface area contributed by atoms with Gasteiger partial charge in [-0.15, -0.1) is 60.1 Å². The second-order valence-electron chi connectivity index (χ2n) is 26.3. The van der Waals surface area contributed by atoms with Crippen molar-refractivity contribution >= 4 is 475 Å². The van der Waals surface area contributed by atoms with Gasteiger partial charge in [0, 0.05) is 10.8 Å². The Balaban J connectivity index is 1.48. The first kappa shape index (κ1) is 58.0. The van der Waals surface area contributed by atoms with Gasteiger partial charge in [0.25, 0.3) is 0 Å². The normalized spacial score (nSPS) is 12.0. The molecule has 0 N–H and O–H groups in total. The molecule has 0 saturated heterocycles. The molecule has 0 aliphatic heterocycles. The average Bonchev–Trinajstić information content (AvgIpc) is 2.46. The van der Waals surface area contributed by atoms with Crippen LogP contribution in [0.2, 0.25) is 0 Å². The maximum atomic E-state index is 7.52. The van der Waals surface area contributed by atoms with Crippen molar-refractivity contribution in [1.29, 1.82) is 0 Å². The van der Waals surface area contributed by atoms with Crippen LogP contribution in [0.4, 0.5) is 0 Å². The predicted molar refractivity (Wildman–Crippen MR) is 463 cm³/mol. The summed E-state index contributed by atoms with van der Waals surface area (Å²) in [6, 6.07) is 0. The third kappa shape index (κ3) is 7.30. The Bertz CT molecular complexity index is 4840. The molecule has 10 aromatic carbocycles. The van der Waals surface area contributed by atoms with Crippen molar-refractivity contribution < 1.29 is 4.42 Å². The largest absolute Gasteiger partial charge is 0.457 e. The zero-order chi connectivity index (χ0) is 59.6. The summed E-state index contributed by atoms with van der Waals surface area (Å²) in [5.41, 5.74) is 51.3. The van der Waals surface area contributed by atoms with Gasteiger partial charge >= 0.3 is 0 Å². The van der Waals surface area contributed by atoms with E-state index in [1.807, 2.05) is 0 Å². The Hall–Kier alpha value is -4.75. The molecule has 0 bridgehead atoms. The molecule has 0 atom stereocenters. The SMILES string of the molecule is Bc1c(B)c(-c2c3c(B)c(B)c(B)c(B)c3c(-c3c(B)c(B)c(-c4c(B)c(B)c(B)c5c(B)c(B)c(B)c(B)c45)c4c(B)c(B)c(B)c(B)c34)c3c(B)c(B)c(B)c(B)c23)c2c(oc3c(B)c4c(B)c(B)c(B)c(B)c4c(B)c32)c1B. The lowest BCUT2D eigenvalue weighted by Gasteiger charge is -2.33. The molecule has 0 unspecified atom stereocenters. The Morgan fingerprint density at radius 2 is 0.284 bits per heavy atom. The van der Waals surface area contributed by atoms with E-state index in [2.05, 4.69) is 235 Å². The summed E-state index contributed by atoms with van der Waals surface area (Å²) in [6.07, 6.45) is 0. The van der Waals surface area contributed by atoms with Crippen LogP contribution in [0.5, 0.6) is 0 Å². The maximum Gasteiger partial charge on any atom is 0.145 e. The van der Waals surface area contributed by atoms with Crippen LogP contribution in [-0.4, -0.2) is 235 Å². The molecule has 0 fully saturated rings. The van der Waals surface area contributed by atoms with Gasteiger partial charge in [-0.05, 0) is 92.7 Å². The quantitative estimate of drug-likeness (QED) is 0.127. The van der Waals surface area contributed by atoms with Crippen LogP contribution in [0.1, 0.15) is 0 Å². The predicted octanol–water partition coefficient (Wildman–Crippen LogP) is -37.9. The molecule has 1 nitrogen and oxygen atoms in total. The van der Waals surface area contributed by atoms with E-state index >= 15 is 0 Å². The van der Waals surface area contributed by atoms with Gasteiger partial charge in [0.05, 0.1) is 0 Å². The second kappa shape index (κ2) is 19.4. The zero-order valence-corrected chi connectivity index (χ0v) is 55.4. The van der Waals surface area contributed by atoms with Crippen molar-refractivity contribution in [3.63, 3.8) is 0 Å². The summed E-state index contributed by atoms with van der Waals surface area (Å²) in [5.74, 6) is 0. The number of fused-ring (bicyclic) bond motifs is 8. The molecule has 0 aliphatic carbocycles. The van der Waals surface area contributed by atoms with E-state index in [9.17, 15) is 0 Å². The third-order valence-electron chi connectivity index (χ3n) is 23.6. The molecule has 1 heterocycles. The molecule has 31 heteroatoms. The lowest BCUT2D eigenvalue weighted by atomic mass is 9.55. The van der Waals surface area contributed by atoms with E-state index in [1.165, 1.54) is 262 Å². The lowest BCUT2D eigenvalue weighted by Crippen LogP contribution is -2.53. The maximum absolute atomic E-state index is 7.52. The molecule has 0 radical (unpaired) electrons. The van der Waals surface area contributed by atoms with Crippen molar-refractivity contribution in [1.82, 2.24) is 0 Å². The van der Waals surface area contributed by atoms with Gasteiger partial charge in [-0.3, -0.25) is 0 Å². The first-order chi connectivity index (χ1) is 37.8. The van der Waals surface area contributed by atoms with Gasteiger partial charge in [-0.1, -0.05) is 98.3 Å². The molecule has 11 aromatic rings. The average molecular weight is 1000 g/mol. The van der Waals surface area contributed by atoms with Crippen LogP contribution in [0, 0.1) is 0 Å². The van der Waals surface area contributed by atoms with Crippen molar-refractivity contribution in [3.8, 4) is 33.4 Å². The second-order valence-corrected chi connectivity index (χ2v) is 26.3. The van der Waals surface area contributed by atoms with Gasteiger partial charge in [0.1, 0.15) is 247 Å². The zero-order valence-electron chi connectivity index (χ0n) is 55.4. The van der Waals surface area contributed by atoms with Crippen LogP contribution in [-0.2, 0) is 0 Å². The molecule has 81 heavy (non-hydrogen) atoms. The van der Waals surface area contributed by atoms with E-state index in [0.717, 1.165) is 11.2 Å². The fourth-order valence-electron chi connectivity index (χ4n) is 16.4. The van der Waals surface area contributed by atoms with Crippen molar-refractivity contribution in [2.24, 2.45) is 0 Å². The summed E-state index contributed by atoms with van der Waals surface area (Å²) < 4.78 is 7.52. The van der Waals surface area contributed by atoms with Crippen molar-refractivity contribution in [2.75, 3.05) is 0 Å². The molecule has 356 valence electrons. The Labute approximate surface area is 509 Å². The monoisotopic (exact) mass is 1010 g/mol. The minimum absolute atomic E-state index is 1.02. The number of hydrogen-bond acceptors (Lipinski definition) is 1. The molecular weight excluding hydrogens is 941 g/mol. The number of hydrogen-bond donors (Lipinski definition) is 0. The first-order valence-corrected chi connectivity index (χ1v) is 30.2. The molecule has 0 saturated carbocycles. The topological polar surface area (TPSA) is 13.1 Å². The minimum Gasteiger partial charge on any atom is -0.457 e. The third-order valence-corrected chi connectivity index (χ3v) is 23.6. The molecule has 11 rings (SSSR count). The van der Waals surface area contributed by atoms with Gasteiger partial charge in [0.2, 0.25) is 0 Å². The molecule has 0 spiro atoms. The number of rotatable bonds is 3. The van der Waals surface area contributed by atoms with Crippen LogP contribution >= 0.6 is 0 Å². The van der Waals surface area contributed by atoms with Crippen LogP contribution in [0.15, 0.2) is 4.42 Å². The highest BCUT2D eigenvalue weighted by molar-refractivity contribution is 6.78. The van der Waals surface area contributed by atoms with E-state index in [0.29, 0.717) is 0 Å². The standard InChI is InChI=1S/C50H60B30O/c51-19-16-17(34(66)46(78)45(77)33(16)65)35(67)50-18(19)14-8(26(58)47(79)48(80)49(14)81-50)2-5-3(22(54)37(69)39(71)24(5)56)1(4-6(2)25(57)40(72)38(70)23(4)55)7-9-11(29(61)42(74)41(73)28(9)60)10(21(53)20(7)52)12-13-15(31(63)36(68)27(12)59)32(64)44(76)43(75)30(13)62/h51-80H2. The highest BCUT2D eigenvalue weighted by atomic mass is 16.3. The van der Waals surface area contributed by atoms with Gasteiger partial charge in [0.15, 0.2) is 0 Å². The summed E-state index contributed by atoms with van der Waals surface area (Å²) in [4.78, 5) is 0. The van der Waals surface area contributed by atoms with E-state index < -0.39 is 0 Å². The molecule has 0 aliphatic rings. The Morgan fingerprint density at radius 1 is 0.111 bits per heavy atom. The van der Waals surface area contributed by atoms with Gasteiger partial charge in [-0.25, -0.2) is 0 Å². The highest BCUT2D eigenvalue weighted by Gasteiger charge is 2.33. The number of furan rings is 1. The van der Waals surface area contributed by atoms with Crippen LogP contribution in [0.25, 0.3) is 109 Å². The summed E-state index contributed by atoms with van der Waals surface area (Å²) in [6.45, 7) is 0. The summed E-state index contributed by atoms with van der Waals surface area (Å²) >= 11 is 0. The van der Waals surface area contributed by atoms with Crippen molar-refractivity contribution in [3.05, 3.63) is 0 Å².